The Hall–Kier alpha value is -2.34. The molecule has 0 unspecified atom stereocenters. The smallest absolute Gasteiger partial charge is 0.225 e. The number of aliphatic hydroxyl groups excluding tert-OH is 1. The van der Waals surface area contributed by atoms with Crippen molar-refractivity contribution in [1.82, 2.24) is 10.3 Å². The molecular formula is C14H15N2O4-. The number of nitrogens with one attached hydrogen (secondary N) is 2. The number of carbonyl (C=O) groups excluding carboxylic acids is 2. The summed E-state index contributed by atoms with van der Waals surface area (Å²) < 4.78 is 0. The SMILES string of the molecule is C[C@@H](O)[C@H](NC(=O)Cc1c[nH]c2ccccc12)C(=O)[O-]. The topological polar surface area (TPSA) is 105 Å². The third-order valence-electron chi connectivity index (χ3n) is 3.08. The van der Waals surface area contributed by atoms with E-state index in [1.165, 1.54) is 6.92 Å². The van der Waals surface area contributed by atoms with Gasteiger partial charge in [0.2, 0.25) is 5.91 Å². The van der Waals surface area contributed by atoms with Crippen LogP contribution in [0.25, 0.3) is 10.9 Å². The van der Waals surface area contributed by atoms with E-state index >= 15 is 0 Å². The fraction of sp³-hybridized carbons (Fsp3) is 0.286. The lowest BCUT2D eigenvalue weighted by Gasteiger charge is -2.22. The Labute approximate surface area is 115 Å². The number of carboxylic acid groups (broad SMARTS) is 1. The number of aliphatic carboxylic acids is 1. The summed E-state index contributed by atoms with van der Waals surface area (Å²) in [4.78, 5) is 25.7. The first-order chi connectivity index (χ1) is 9.49. The van der Waals surface area contributed by atoms with Crippen molar-refractivity contribution >= 4 is 22.8 Å². The molecule has 6 heteroatoms. The summed E-state index contributed by atoms with van der Waals surface area (Å²) in [5.74, 6) is -1.99. The lowest BCUT2D eigenvalue weighted by atomic mass is 10.1. The molecule has 1 aromatic heterocycles. The summed E-state index contributed by atoms with van der Waals surface area (Å²) in [6, 6.07) is 6.09. The Bertz CT molecular complexity index is 633. The molecule has 106 valence electrons. The molecule has 0 aliphatic carbocycles. The van der Waals surface area contributed by atoms with Crippen LogP contribution in [-0.2, 0) is 16.0 Å². The molecule has 0 bridgehead atoms. The van der Waals surface area contributed by atoms with Crippen LogP contribution in [0, 0.1) is 0 Å². The number of fused-ring (bicyclic) bond motifs is 1. The predicted octanol–water partition coefficient (Wildman–Crippen LogP) is -0.674. The van der Waals surface area contributed by atoms with Gasteiger partial charge in [0.15, 0.2) is 0 Å². The number of amides is 1. The third-order valence-corrected chi connectivity index (χ3v) is 3.08. The van der Waals surface area contributed by atoms with Crippen LogP contribution in [0.1, 0.15) is 12.5 Å². The molecule has 0 aliphatic rings. The molecule has 6 nitrogen and oxygen atoms in total. The van der Waals surface area contributed by atoms with Crippen LogP contribution in [-0.4, -0.2) is 34.1 Å². The maximum Gasteiger partial charge on any atom is 0.225 e. The van der Waals surface area contributed by atoms with E-state index in [-0.39, 0.29) is 6.42 Å². The van der Waals surface area contributed by atoms with E-state index in [1.54, 1.807) is 6.20 Å². The number of benzene rings is 1. The highest BCUT2D eigenvalue weighted by Crippen LogP contribution is 2.17. The van der Waals surface area contributed by atoms with Crippen LogP contribution in [0.15, 0.2) is 30.5 Å². The van der Waals surface area contributed by atoms with Crippen LogP contribution in [0.3, 0.4) is 0 Å². The summed E-state index contributed by atoms with van der Waals surface area (Å²) in [5.41, 5.74) is 1.67. The Balaban J connectivity index is 2.10. The number of hydrogen-bond acceptors (Lipinski definition) is 4. The molecule has 2 atom stereocenters. The zero-order valence-corrected chi connectivity index (χ0v) is 10.9. The van der Waals surface area contributed by atoms with Crippen molar-refractivity contribution in [3.63, 3.8) is 0 Å². The van der Waals surface area contributed by atoms with Crippen LogP contribution in [0.4, 0.5) is 0 Å². The van der Waals surface area contributed by atoms with E-state index in [1.807, 2.05) is 24.3 Å². The molecule has 2 aromatic rings. The van der Waals surface area contributed by atoms with Crippen LogP contribution in [0.2, 0.25) is 0 Å². The van der Waals surface area contributed by atoms with Gasteiger partial charge in [-0.15, -0.1) is 0 Å². The van der Waals surface area contributed by atoms with E-state index < -0.39 is 24.0 Å². The number of aromatic amines is 1. The average Bonchev–Trinajstić information content (AvgIpc) is 2.79. The largest absolute Gasteiger partial charge is 0.548 e. The second-order valence-electron chi connectivity index (χ2n) is 4.64. The molecule has 1 amide bonds. The second kappa shape index (κ2) is 5.75. The molecule has 0 fully saturated rings. The van der Waals surface area contributed by atoms with Gasteiger partial charge in [0, 0.05) is 17.1 Å². The first kappa shape index (κ1) is 14.1. The normalized spacial score (nSPS) is 13.9. The van der Waals surface area contributed by atoms with Gasteiger partial charge < -0.3 is 25.3 Å². The molecule has 1 aromatic carbocycles. The fourth-order valence-corrected chi connectivity index (χ4v) is 2.05. The highest BCUT2D eigenvalue weighted by Gasteiger charge is 2.19. The summed E-state index contributed by atoms with van der Waals surface area (Å²) >= 11 is 0. The van der Waals surface area contributed by atoms with Gasteiger partial charge in [-0.1, -0.05) is 18.2 Å². The first-order valence-corrected chi connectivity index (χ1v) is 6.22. The van der Waals surface area contributed by atoms with Crippen molar-refractivity contribution in [2.24, 2.45) is 0 Å². The third kappa shape index (κ3) is 2.97. The minimum atomic E-state index is -1.51. The van der Waals surface area contributed by atoms with Crippen molar-refractivity contribution in [2.75, 3.05) is 0 Å². The lowest BCUT2D eigenvalue weighted by molar-refractivity contribution is -0.310. The van der Waals surface area contributed by atoms with Gasteiger partial charge in [-0.3, -0.25) is 4.79 Å². The summed E-state index contributed by atoms with van der Waals surface area (Å²) in [6.45, 7) is 1.28. The molecule has 2 rings (SSSR count). The van der Waals surface area contributed by atoms with Gasteiger partial charge in [0.1, 0.15) is 0 Å². The predicted molar refractivity (Wildman–Crippen MR) is 70.6 cm³/mol. The molecule has 0 aliphatic heterocycles. The molecule has 20 heavy (non-hydrogen) atoms. The molecular weight excluding hydrogens is 260 g/mol. The number of rotatable bonds is 5. The zero-order valence-electron chi connectivity index (χ0n) is 10.9. The molecule has 0 spiro atoms. The van der Waals surface area contributed by atoms with Gasteiger partial charge >= 0.3 is 0 Å². The fourth-order valence-electron chi connectivity index (χ4n) is 2.05. The quantitative estimate of drug-likeness (QED) is 0.672. The number of aromatic nitrogens is 1. The lowest BCUT2D eigenvalue weighted by Crippen LogP contribution is -2.53. The van der Waals surface area contributed by atoms with Gasteiger partial charge in [-0.25, -0.2) is 0 Å². The molecule has 0 radical (unpaired) electrons. The number of hydrogen-bond donors (Lipinski definition) is 3. The monoisotopic (exact) mass is 275 g/mol. The maximum absolute atomic E-state index is 11.8. The van der Waals surface area contributed by atoms with Gasteiger partial charge in [-0.2, -0.15) is 0 Å². The summed E-state index contributed by atoms with van der Waals surface area (Å²) in [6.07, 6.45) is 0.521. The first-order valence-electron chi connectivity index (χ1n) is 6.22. The Morgan fingerprint density at radius 2 is 2.10 bits per heavy atom. The van der Waals surface area contributed by atoms with Crippen LogP contribution in [0.5, 0.6) is 0 Å². The molecule has 1 heterocycles. The summed E-state index contributed by atoms with van der Waals surface area (Å²) in [7, 11) is 0. The number of H-pyrrole nitrogens is 1. The van der Waals surface area contributed by atoms with Crippen molar-refractivity contribution in [3.8, 4) is 0 Å². The molecule has 0 saturated carbocycles. The van der Waals surface area contributed by atoms with Crippen molar-refractivity contribution < 1.29 is 19.8 Å². The Morgan fingerprint density at radius 3 is 2.75 bits per heavy atom. The van der Waals surface area contributed by atoms with E-state index in [0.717, 1.165) is 16.5 Å². The van der Waals surface area contributed by atoms with Gasteiger partial charge in [0.25, 0.3) is 0 Å². The van der Waals surface area contributed by atoms with Gasteiger partial charge in [-0.05, 0) is 18.6 Å². The highest BCUT2D eigenvalue weighted by molar-refractivity contribution is 5.90. The number of para-hydroxylation sites is 1. The maximum atomic E-state index is 11.8. The van der Waals surface area contributed by atoms with Gasteiger partial charge in [0.05, 0.1) is 24.5 Å². The standard InChI is InChI=1S/C14H16N2O4/c1-8(17)13(14(19)20)16-12(18)6-9-7-15-11-5-3-2-4-10(9)11/h2-5,7-8,13,15,17H,6H2,1H3,(H,16,18)(H,19,20)/p-1/t8-,13+/m1/s1. The minimum absolute atomic E-state index is 0.0283. The highest BCUT2D eigenvalue weighted by atomic mass is 16.4. The Morgan fingerprint density at radius 1 is 1.40 bits per heavy atom. The van der Waals surface area contributed by atoms with E-state index in [9.17, 15) is 19.8 Å². The van der Waals surface area contributed by atoms with Crippen molar-refractivity contribution in [2.45, 2.75) is 25.5 Å². The molecule has 0 saturated heterocycles. The zero-order chi connectivity index (χ0) is 14.7. The van der Waals surface area contributed by atoms with Crippen molar-refractivity contribution in [3.05, 3.63) is 36.0 Å². The minimum Gasteiger partial charge on any atom is -0.548 e. The second-order valence-corrected chi connectivity index (χ2v) is 4.64. The summed E-state index contributed by atoms with van der Waals surface area (Å²) in [5, 5.41) is 23.2. The average molecular weight is 275 g/mol. The van der Waals surface area contributed by atoms with E-state index in [4.69, 9.17) is 0 Å². The molecule has 3 N–H and O–H groups in total. The van der Waals surface area contributed by atoms with Crippen molar-refractivity contribution in [1.29, 1.82) is 0 Å². The number of carbonyl (C=O) groups is 2. The van der Waals surface area contributed by atoms with Crippen LogP contribution >= 0.6 is 0 Å². The number of carboxylic acids is 1. The van der Waals surface area contributed by atoms with E-state index in [0.29, 0.717) is 0 Å². The Kier molecular flexibility index (Phi) is 4.05. The number of aliphatic hydroxyl groups is 1. The van der Waals surface area contributed by atoms with E-state index in [2.05, 4.69) is 10.3 Å². The van der Waals surface area contributed by atoms with Crippen LogP contribution < -0.4 is 10.4 Å².